The van der Waals surface area contributed by atoms with Gasteiger partial charge in [-0.3, -0.25) is 9.78 Å². The molecule has 110 valence electrons. The minimum absolute atomic E-state index is 0.207. The van der Waals surface area contributed by atoms with Gasteiger partial charge in [-0.25, -0.2) is 0 Å². The Kier molecular flexibility index (Phi) is 4.01. The molecule has 4 heteroatoms. The summed E-state index contributed by atoms with van der Waals surface area (Å²) in [5, 5.41) is 4.86. The average Bonchev–Trinajstić information content (AvgIpc) is 2.56. The van der Waals surface area contributed by atoms with E-state index < -0.39 is 6.10 Å². The number of fused-ring (bicyclic) bond motifs is 1. The first-order chi connectivity index (χ1) is 10.7. The molecule has 0 aliphatic carbocycles. The normalized spacial score (nSPS) is 11.9. The molecule has 0 spiro atoms. The van der Waals surface area contributed by atoms with Gasteiger partial charge in [-0.2, -0.15) is 0 Å². The number of rotatable bonds is 4. The number of benzene rings is 2. The van der Waals surface area contributed by atoms with E-state index in [1.54, 1.807) is 31.5 Å². The lowest BCUT2D eigenvalue weighted by molar-refractivity contribution is -0.122. The summed E-state index contributed by atoms with van der Waals surface area (Å²) in [5.41, 5.74) is 0.654. The number of nitrogens with zero attached hydrogens (tertiary/aromatic N) is 1. The van der Waals surface area contributed by atoms with Crippen molar-refractivity contribution in [3.05, 3.63) is 67.0 Å². The molecule has 2 aromatic carbocycles. The summed E-state index contributed by atoms with van der Waals surface area (Å²) in [4.78, 5) is 16.2. The predicted octanol–water partition coefficient (Wildman–Crippen LogP) is 3.64. The van der Waals surface area contributed by atoms with Crippen molar-refractivity contribution in [3.63, 3.8) is 0 Å². The summed E-state index contributed by atoms with van der Waals surface area (Å²) in [6.07, 6.45) is 2.65. The first-order valence-corrected chi connectivity index (χ1v) is 7.09. The van der Waals surface area contributed by atoms with E-state index in [9.17, 15) is 4.79 Å². The molecule has 1 atom stereocenters. The molecule has 1 amide bonds. The third-order valence-corrected chi connectivity index (χ3v) is 3.35. The Morgan fingerprint density at radius 1 is 1.09 bits per heavy atom. The number of nitrogens with one attached hydrogen (secondary N) is 1. The Labute approximate surface area is 128 Å². The van der Waals surface area contributed by atoms with Gasteiger partial charge < -0.3 is 10.1 Å². The van der Waals surface area contributed by atoms with E-state index in [0.29, 0.717) is 11.4 Å². The highest BCUT2D eigenvalue weighted by atomic mass is 16.5. The predicted molar refractivity (Wildman–Crippen MR) is 86.9 cm³/mol. The fourth-order valence-electron chi connectivity index (χ4n) is 2.22. The molecule has 4 nitrogen and oxygen atoms in total. The molecular formula is C18H16N2O2. The van der Waals surface area contributed by atoms with Crippen LogP contribution in [0, 0.1) is 0 Å². The lowest BCUT2D eigenvalue weighted by Crippen LogP contribution is -2.30. The summed E-state index contributed by atoms with van der Waals surface area (Å²) in [7, 11) is 0. The molecule has 3 rings (SSSR count). The van der Waals surface area contributed by atoms with E-state index in [2.05, 4.69) is 10.3 Å². The van der Waals surface area contributed by atoms with Gasteiger partial charge in [0.05, 0.1) is 11.9 Å². The largest absolute Gasteiger partial charge is 0.480 e. The Morgan fingerprint density at radius 2 is 1.91 bits per heavy atom. The summed E-state index contributed by atoms with van der Waals surface area (Å²) < 4.78 is 5.83. The van der Waals surface area contributed by atoms with Gasteiger partial charge in [-0.05, 0) is 30.5 Å². The van der Waals surface area contributed by atoms with Crippen molar-refractivity contribution in [2.45, 2.75) is 13.0 Å². The summed E-state index contributed by atoms with van der Waals surface area (Å²) in [5.74, 6) is 0.493. The van der Waals surface area contributed by atoms with Gasteiger partial charge in [0.1, 0.15) is 5.75 Å². The second-order valence-electron chi connectivity index (χ2n) is 4.97. The SMILES string of the molecule is C[C@@H](Oc1cccc2ccccc12)C(=O)Nc1cccnc1. The minimum Gasteiger partial charge on any atom is -0.480 e. The maximum absolute atomic E-state index is 12.2. The first-order valence-electron chi connectivity index (χ1n) is 7.09. The van der Waals surface area contributed by atoms with Crippen molar-refractivity contribution in [1.82, 2.24) is 4.98 Å². The monoisotopic (exact) mass is 292 g/mol. The van der Waals surface area contributed by atoms with E-state index in [4.69, 9.17) is 4.74 Å². The Hall–Kier alpha value is -2.88. The molecule has 0 aliphatic rings. The van der Waals surface area contributed by atoms with Crippen LogP contribution in [0.5, 0.6) is 5.75 Å². The molecule has 0 fully saturated rings. The molecule has 1 N–H and O–H groups in total. The third-order valence-electron chi connectivity index (χ3n) is 3.35. The molecule has 0 saturated carbocycles. The van der Waals surface area contributed by atoms with Crippen LogP contribution in [0.2, 0.25) is 0 Å². The number of ether oxygens (including phenoxy) is 1. The molecule has 0 radical (unpaired) electrons. The second-order valence-corrected chi connectivity index (χ2v) is 4.97. The maximum Gasteiger partial charge on any atom is 0.265 e. The molecule has 1 heterocycles. The standard InChI is InChI=1S/C18H16N2O2/c1-13(18(21)20-15-8-5-11-19-12-15)22-17-10-4-7-14-6-2-3-9-16(14)17/h2-13H,1H3,(H,20,21)/t13-/m1/s1. The highest BCUT2D eigenvalue weighted by Crippen LogP contribution is 2.26. The van der Waals surface area contributed by atoms with Crippen LogP contribution in [-0.4, -0.2) is 17.0 Å². The Balaban J connectivity index is 1.75. The maximum atomic E-state index is 12.2. The van der Waals surface area contributed by atoms with Crippen LogP contribution in [-0.2, 0) is 4.79 Å². The number of hydrogen-bond donors (Lipinski definition) is 1. The molecular weight excluding hydrogens is 276 g/mol. The van der Waals surface area contributed by atoms with Crippen molar-refractivity contribution in [1.29, 1.82) is 0 Å². The fourth-order valence-corrected chi connectivity index (χ4v) is 2.22. The van der Waals surface area contributed by atoms with Gasteiger partial charge in [0.25, 0.3) is 5.91 Å². The fraction of sp³-hybridized carbons (Fsp3) is 0.111. The number of hydrogen-bond acceptors (Lipinski definition) is 3. The summed E-state index contributed by atoms with van der Waals surface area (Å²) >= 11 is 0. The van der Waals surface area contributed by atoms with Crippen molar-refractivity contribution in [2.75, 3.05) is 5.32 Å². The third kappa shape index (κ3) is 3.06. The van der Waals surface area contributed by atoms with Gasteiger partial charge in [-0.1, -0.05) is 36.4 Å². The smallest absolute Gasteiger partial charge is 0.265 e. The van der Waals surface area contributed by atoms with Crippen LogP contribution in [0.25, 0.3) is 10.8 Å². The minimum atomic E-state index is -0.606. The molecule has 22 heavy (non-hydrogen) atoms. The van der Waals surface area contributed by atoms with E-state index in [-0.39, 0.29) is 5.91 Å². The quantitative estimate of drug-likeness (QED) is 0.798. The lowest BCUT2D eigenvalue weighted by atomic mass is 10.1. The van der Waals surface area contributed by atoms with Crippen LogP contribution in [0.4, 0.5) is 5.69 Å². The molecule has 0 saturated heterocycles. The Bertz CT molecular complexity index is 782. The van der Waals surface area contributed by atoms with Gasteiger partial charge in [0.15, 0.2) is 6.10 Å². The zero-order valence-electron chi connectivity index (χ0n) is 12.2. The van der Waals surface area contributed by atoms with Crippen molar-refractivity contribution >= 4 is 22.4 Å². The number of carbonyl (C=O) groups excluding carboxylic acids is 1. The van der Waals surface area contributed by atoms with Crippen LogP contribution >= 0.6 is 0 Å². The van der Waals surface area contributed by atoms with Crippen LogP contribution in [0.1, 0.15) is 6.92 Å². The van der Waals surface area contributed by atoms with Crippen LogP contribution < -0.4 is 10.1 Å². The first kappa shape index (κ1) is 14.1. The van der Waals surface area contributed by atoms with Gasteiger partial charge in [0.2, 0.25) is 0 Å². The van der Waals surface area contributed by atoms with Crippen molar-refractivity contribution in [2.24, 2.45) is 0 Å². The zero-order chi connectivity index (χ0) is 15.4. The van der Waals surface area contributed by atoms with E-state index >= 15 is 0 Å². The molecule has 1 aromatic heterocycles. The number of aromatic nitrogens is 1. The Morgan fingerprint density at radius 3 is 2.73 bits per heavy atom. The van der Waals surface area contributed by atoms with Crippen molar-refractivity contribution < 1.29 is 9.53 Å². The number of amides is 1. The van der Waals surface area contributed by atoms with E-state index in [1.165, 1.54) is 0 Å². The average molecular weight is 292 g/mol. The lowest BCUT2D eigenvalue weighted by Gasteiger charge is -2.16. The zero-order valence-corrected chi connectivity index (χ0v) is 12.2. The van der Waals surface area contributed by atoms with Gasteiger partial charge in [0, 0.05) is 11.6 Å². The highest BCUT2D eigenvalue weighted by Gasteiger charge is 2.16. The van der Waals surface area contributed by atoms with E-state index in [0.717, 1.165) is 10.8 Å². The summed E-state index contributed by atoms with van der Waals surface area (Å²) in [6, 6.07) is 17.3. The van der Waals surface area contributed by atoms with Crippen LogP contribution in [0.3, 0.4) is 0 Å². The second kappa shape index (κ2) is 6.26. The highest BCUT2D eigenvalue weighted by molar-refractivity contribution is 5.94. The van der Waals surface area contributed by atoms with Crippen LogP contribution in [0.15, 0.2) is 67.0 Å². The number of anilines is 1. The molecule has 0 aliphatic heterocycles. The summed E-state index contributed by atoms with van der Waals surface area (Å²) in [6.45, 7) is 1.73. The van der Waals surface area contributed by atoms with Crippen molar-refractivity contribution in [3.8, 4) is 5.75 Å². The van der Waals surface area contributed by atoms with Gasteiger partial charge >= 0.3 is 0 Å². The van der Waals surface area contributed by atoms with E-state index in [1.807, 2.05) is 42.5 Å². The number of pyridine rings is 1. The topological polar surface area (TPSA) is 51.2 Å². The number of carbonyl (C=O) groups is 1. The molecule has 0 unspecified atom stereocenters. The molecule has 3 aromatic rings. The molecule has 0 bridgehead atoms. The van der Waals surface area contributed by atoms with Gasteiger partial charge in [-0.15, -0.1) is 0 Å².